The van der Waals surface area contributed by atoms with Gasteiger partial charge in [-0.2, -0.15) is 0 Å². The van der Waals surface area contributed by atoms with Crippen LogP contribution in [0.3, 0.4) is 0 Å². The number of benzene rings is 2. The number of likely N-dealkylation sites (tertiary alicyclic amines) is 1. The van der Waals surface area contributed by atoms with Crippen molar-refractivity contribution in [1.82, 2.24) is 9.88 Å². The fourth-order valence-corrected chi connectivity index (χ4v) is 4.22. The number of carbonyl (C=O) groups excluding carboxylic acids is 1. The number of piperidine rings is 1. The van der Waals surface area contributed by atoms with Gasteiger partial charge in [-0.15, -0.1) is 0 Å². The molecular formula is C24H28N2O2. The normalized spacial score (nSPS) is 15.1. The van der Waals surface area contributed by atoms with Crippen molar-refractivity contribution in [1.29, 1.82) is 0 Å². The molecule has 0 unspecified atom stereocenters. The van der Waals surface area contributed by atoms with Gasteiger partial charge in [0.05, 0.1) is 7.11 Å². The summed E-state index contributed by atoms with van der Waals surface area (Å²) in [6, 6.07) is 16.6. The number of methoxy groups -OCH3 is 1. The molecule has 0 saturated carbocycles. The molecule has 0 aliphatic carbocycles. The molecule has 0 radical (unpaired) electrons. The number of H-pyrrole nitrogens is 1. The van der Waals surface area contributed by atoms with Crippen LogP contribution in [-0.4, -0.2) is 36.0 Å². The second-order valence-corrected chi connectivity index (χ2v) is 7.74. The maximum Gasteiger partial charge on any atom is 0.222 e. The summed E-state index contributed by atoms with van der Waals surface area (Å²) in [4.78, 5) is 18.0. The summed E-state index contributed by atoms with van der Waals surface area (Å²) in [7, 11) is 1.69. The third-order valence-corrected chi connectivity index (χ3v) is 5.93. The van der Waals surface area contributed by atoms with Crippen molar-refractivity contribution in [2.75, 3.05) is 20.2 Å². The van der Waals surface area contributed by atoms with Gasteiger partial charge in [0.1, 0.15) is 5.75 Å². The number of nitrogens with zero attached hydrogens (tertiary/aromatic N) is 1. The molecule has 4 heteroatoms. The highest BCUT2D eigenvalue weighted by molar-refractivity contribution is 5.84. The van der Waals surface area contributed by atoms with Crippen molar-refractivity contribution in [3.63, 3.8) is 0 Å². The minimum Gasteiger partial charge on any atom is -0.497 e. The van der Waals surface area contributed by atoms with Crippen molar-refractivity contribution >= 4 is 16.8 Å². The number of carbonyl (C=O) groups is 1. The van der Waals surface area contributed by atoms with Crippen LogP contribution in [0.25, 0.3) is 10.9 Å². The summed E-state index contributed by atoms with van der Waals surface area (Å²) in [5.41, 5.74) is 3.73. The van der Waals surface area contributed by atoms with Crippen molar-refractivity contribution < 1.29 is 9.53 Å². The molecule has 0 spiro atoms. The predicted octanol–water partition coefficient (Wildman–Crippen LogP) is 4.59. The van der Waals surface area contributed by atoms with Crippen LogP contribution >= 0.6 is 0 Å². The second kappa shape index (κ2) is 8.51. The number of aromatic nitrogens is 1. The highest BCUT2D eigenvalue weighted by atomic mass is 16.5. The summed E-state index contributed by atoms with van der Waals surface area (Å²) in [5, 5.41) is 1.23. The molecule has 0 atom stereocenters. The fraction of sp³-hybridized carbons (Fsp3) is 0.375. The van der Waals surface area contributed by atoms with Crippen molar-refractivity contribution in [2.45, 2.75) is 32.1 Å². The van der Waals surface area contributed by atoms with Gasteiger partial charge in [-0.3, -0.25) is 4.79 Å². The molecule has 28 heavy (non-hydrogen) atoms. The monoisotopic (exact) mass is 376 g/mol. The summed E-state index contributed by atoms with van der Waals surface area (Å²) < 4.78 is 5.23. The molecule has 2 aromatic carbocycles. The molecule has 3 aromatic rings. The average Bonchev–Trinajstić information content (AvgIpc) is 3.16. The number of fused-ring (bicyclic) bond motifs is 1. The molecule has 1 amide bonds. The van der Waals surface area contributed by atoms with E-state index >= 15 is 0 Å². The Morgan fingerprint density at radius 1 is 1.11 bits per heavy atom. The van der Waals surface area contributed by atoms with E-state index in [1.165, 1.54) is 16.5 Å². The smallest absolute Gasteiger partial charge is 0.222 e. The molecule has 1 aromatic heterocycles. The number of aromatic amines is 1. The van der Waals surface area contributed by atoms with Crippen LogP contribution in [0.15, 0.2) is 54.7 Å². The van der Waals surface area contributed by atoms with Gasteiger partial charge in [0.25, 0.3) is 0 Å². The summed E-state index contributed by atoms with van der Waals surface area (Å²) in [6.07, 6.45) is 6.69. The lowest BCUT2D eigenvalue weighted by Gasteiger charge is -2.32. The molecule has 1 saturated heterocycles. The van der Waals surface area contributed by atoms with Crippen molar-refractivity contribution in [2.24, 2.45) is 5.92 Å². The van der Waals surface area contributed by atoms with Crippen molar-refractivity contribution in [3.05, 3.63) is 65.9 Å². The first-order valence-electron chi connectivity index (χ1n) is 10.2. The van der Waals surface area contributed by atoms with E-state index in [0.29, 0.717) is 12.3 Å². The standard InChI is InChI=1S/C24H28N2O2/c1-28-21-9-6-18(7-10-21)16-19-12-14-26(15-13-19)24(27)11-8-20-17-25-23-5-3-2-4-22(20)23/h2-7,9-10,17,19,25H,8,11-16H2,1H3. The maximum atomic E-state index is 12.7. The van der Waals surface area contributed by atoms with E-state index in [0.717, 1.165) is 50.0 Å². The lowest BCUT2D eigenvalue weighted by Crippen LogP contribution is -2.39. The van der Waals surface area contributed by atoms with Crippen LogP contribution in [0, 0.1) is 5.92 Å². The zero-order valence-corrected chi connectivity index (χ0v) is 16.5. The van der Waals surface area contributed by atoms with Crippen molar-refractivity contribution in [3.8, 4) is 5.75 Å². The van der Waals surface area contributed by atoms with Crippen LogP contribution < -0.4 is 4.74 Å². The van der Waals surface area contributed by atoms with Crippen LogP contribution in [0.2, 0.25) is 0 Å². The largest absolute Gasteiger partial charge is 0.497 e. The third-order valence-electron chi connectivity index (χ3n) is 5.93. The van der Waals surface area contributed by atoms with Gasteiger partial charge < -0.3 is 14.6 Å². The molecule has 1 aliphatic rings. The maximum absolute atomic E-state index is 12.7. The number of para-hydroxylation sites is 1. The SMILES string of the molecule is COc1ccc(CC2CCN(C(=O)CCc3c[nH]c4ccccc34)CC2)cc1. The zero-order valence-electron chi connectivity index (χ0n) is 16.5. The van der Waals surface area contributed by atoms with Gasteiger partial charge in [0, 0.05) is 36.6 Å². The lowest BCUT2D eigenvalue weighted by molar-refractivity contribution is -0.132. The molecule has 4 nitrogen and oxygen atoms in total. The number of rotatable bonds is 6. The van der Waals surface area contributed by atoms with E-state index in [2.05, 4.69) is 40.2 Å². The van der Waals surface area contributed by atoms with E-state index in [-0.39, 0.29) is 5.91 Å². The van der Waals surface area contributed by atoms with Gasteiger partial charge in [-0.25, -0.2) is 0 Å². The minimum atomic E-state index is 0.285. The first kappa shape index (κ1) is 18.6. The van der Waals surface area contributed by atoms with Crippen LogP contribution in [0.4, 0.5) is 0 Å². The van der Waals surface area contributed by atoms with Gasteiger partial charge >= 0.3 is 0 Å². The van der Waals surface area contributed by atoms with E-state index in [1.807, 2.05) is 24.4 Å². The molecular weight excluding hydrogens is 348 g/mol. The Hall–Kier alpha value is -2.75. The second-order valence-electron chi connectivity index (χ2n) is 7.74. The van der Waals surface area contributed by atoms with E-state index in [1.54, 1.807) is 7.11 Å². The first-order chi connectivity index (χ1) is 13.7. The number of hydrogen-bond acceptors (Lipinski definition) is 2. The lowest BCUT2D eigenvalue weighted by atomic mass is 9.90. The van der Waals surface area contributed by atoms with Crippen LogP contribution in [-0.2, 0) is 17.6 Å². The Morgan fingerprint density at radius 3 is 2.61 bits per heavy atom. The zero-order chi connectivity index (χ0) is 19.3. The average molecular weight is 377 g/mol. The van der Waals surface area contributed by atoms with Crippen LogP contribution in [0.5, 0.6) is 5.75 Å². The quantitative estimate of drug-likeness (QED) is 0.684. The topological polar surface area (TPSA) is 45.3 Å². The van der Waals surface area contributed by atoms with E-state index in [4.69, 9.17) is 4.74 Å². The molecule has 1 aliphatic heterocycles. The van der Waals surface area contributed by atoms with Gasteiger partial charge in [0.2, 0.25) is 5.91 Å². The molecule has 1 N–H and O–H groups in total. The Kier molecular flexibility index (Phi) is 5.65. The minimum absolute atomic E-state index is 0.285. The van der Waals surface area contributed by atoms with E-state index in [9.17, 15) is 4.79 Å². The number of hydrogen-bond donors (Lipinski definition) is 1. The summed E-state index contributed by atoms with van der Waals surface area (Å²) in [5.74, 6) is 1.85. The van der Waals surface area contributed by atoms with Gasteiger partial charge in [0.15, 0.2) is 0 Å². The Labute approximate surface area is 166 Å². The Morgan fingerprint density at radius 2 is 1.86 bits per heavy atom. The third kappa shape index (κ3) is 4.22. The van der Waals surface area contributed by atoms with Gasteiger partial charge in [-0.1, -0.05) is 30.3 Å². The summed E-state index contributed by atoms with van der Waals surface area (Å²) in [6.45, 7) is 1.76. The molecule has 1 fully saturated rings. The number of nitrogens with one attached hydrogen (secondary N) is 1. The number of aryl methyl sites for hydroxylation is 1. The highest BCUT2D eigenvalue weighted by Gasteiger charge is 2.23. The molecule has 2 heterocycles. The number of amides is 1. The Balaban J connectivity index is 1.25. The number of ether oxygens (including phenoxy) is 1. The van der Waals surface area contributed by atoms with Crippen LogP contribution in [0.1, 0.15) is 30.4 Å². The molecule has 4 rings (SSSR count). The highest BCUT2D eigenvalue weighted by Crippen LogP contribution is 2.24. The molecule has 0 bridgehead atoms. The first-order valence-corrected chi connectivity index (χ1v) is 10.2. The van der Waals surface area contributed by atoms with Gasteiger partial charge in [-0.05, 0) is 60.9 Å². The molecule has 146 valence electrons. The van der Waals surface area contributed by atoms with E-state index < -0.39 is 0 Å². The predicted molar refractivity (Wildman–Crippen MR) is 113 cm³/mol. The fourth-order valence-electron chi connectivity index (χ4n) is 4.22. The summed E-state index contributed by atoms with van der Waals surface area (Å²) >= 11 is 0. The Bertz CT molecular complexity index is 921.